The minimum Gasteiger partial charge on any atom is -0.377 e. The van der Waals surface area contributed by atoms with E-state index in [-0.39, 0.29) is 57.9 Å². The van der Waals surface area contributed by atoms with Gasteiger partial charge in [-0.15, -0.1) is 0 Å². The van der Waals surface area contributed by atoms with Gasteiger partial charge < -0.3 is 10.1 Å². The molecule has 0 spiro atoms. The van der Waals surface area contributed by atoms with E-state index in [0.29, 0.717) is 40.1 Å². The van der Waals surface area contributed by atoms with E-state index < -0.39 is 109 Å². The summed E-state index contributed by atoms with van der Waals surface area (Å²) in [6, 6.07) is 7.14. The van der Waals surface area contributed by atoms with Crippen LogP contribution in [0.2, 0.25) is 5.02 Å². The monoisotopic (exact) mass is 965 g/mol. The molecule has 4 aliphatic rings. The van der Waals surface area contributed by atoms with Crippen LogP contribution in [0.1, 0.15) is 91.9 Å². The smallest absolute Gasteiger partial charge is 0.377 e. The molecule has 2 atom stereocenters. The Labute approximate surface area is 375 Å². The molecular formula is C43H39ClF7N7O5S2. The first-order valence-electron chi connectivity index (χ1n) is 20.6. The molecule has 344 valence electrons. The van der Waals surface area contributed by atoms with Crippen LogP contribution in [0.15, 0.2) is 42.5 Å². The largest absolute Gasteiger partial charge is 0.435 e. The van der Waals surface area contributed by atoms with Gasteiger partial charge in [-0.25, -0.2) is 26.4 Å². The second kappa shape index (κ2) is 16.4. The zero-order valence-electron chi connectivity index (χ0n) is 34.5. The number of pyridine rings is 1. The number of benzene rings is 2. The van der Waals surface area contributed by atoms with Crippen molar-refractivity contribution >= 4 is 55.1 Å². The summed E-state index contributed by atoms with van der Waals surface area (Å²) >= 11 is 6.86. The second-order valence-electron chi connectivity index (χ2n) is 17.2. The number of hydrogen-bond donors (Lipinski definition) is 2. The zero-order valence-corrected chi connectivity index (χ0v) is 36.9. The molecule has 4 heterocycles. The number of nitrogens with one attached hydrogen (secondary N) is 2. The molecule has 12 nitrogen and oxygen atoms in total. The summed E-state index contributed by atoms with van der Waals surface area (Å²) in [6.45, 7) is 2.31. The average Bonchev–Trinajstić information content (AvgIpc) is 4.13. The first-order valence-corrected chi connectivity index (χ1v) is 23.8. The van der Waals surface area contributed by atoms with Crippen molar-refractivity contribution in [1.82, 2.24) is 29.9 Å². The molecule has 0 bridgehead atoms. The lowest BCUT2D eigenvalue weighted by atomic mass is 9.93. The summed E-state index contributed by atoms with van der Waals surface area (Å²) in [4.78, 5) is 18.9. The van der Waals surface area contributed by atoms with Gasteiger partial charge in [0.05, 0.1) is 57.4 Å². The molecule has 2 aromatic carbocycles. The highest BCUT2D eigenvalue weighted by Crippen LogP contribution is 2.47. The first kappa shape index (κ1) is 45.1. The van der Waals surface area contributed by atoms with Gasteiger partial charge in [0, 0.05) is 29.2 Å². The lowest BCUT2D eigenvalue weighted by Crippen LogP contribution is -2.35. The molecule has 5 aromatic rings. The second-order valence-corrected chi connectivity index (χ2v) is 21.8. The number of anilines is 1. The predicted molar refractivity (Wildman–Crippen MR) is 226 cm³/mol. The number of aromatic nitrogens is 5. The fourth-order valence-electron chi connectivity index (χ4n) is 8.18. The van der Waals surface area contributed by atoms with Crippen LogP contribution in [0.5, 0.6) is 0 Å². The number of halogens is 8. The van der Waals surface area contributed by atoms with Gasteiger partial charge in [0.2, 0.25) is 5.91 Å². The van der Waals surface area contributed by atoms with Gasteiger partial charge in [-0.1, -0.05) is 23.6 Å². The Morgan fingerprint density at radius 2 is 1.72 bits per heavy atom. The van der Waals surface area contributed by atoms with E-state index >= 15 is 8.78 Å². The Morgan fingerprint density at radius 1 is 1.03 bits per heavy atom. The number of carbonyl (C=O) groups is 1. The Bertz CT molecular complexity index is 2950. The summed E-state index contributed by atoms with van der Waals surface area (Å²) in [6.07, 6.45) is -4.58. The highest BCUT2D eigenvalue weighted by atomic mass is 35.5. The molecule has 22 heteroatoms. The van der Waals surface area contributed by atoms with E-state index in [0.717, 1.165) is 25.0 Å². The number of nitrogens with zero attached hydrogens (tertiary/aromatic N) is 5. The molecule has 0 radical (unpaired) electrons. The standard InChI is InChI=1S/C43H39ClF7N7O5S2/c1-41(2,65(61,62)28-6-7-28)13-11-25-3-8-29(30-9-10-32(44)35-37(30)58(26-20-63-21-26)55-40(35)56-64(60)27-4-5-27)36(52-25)33(17-22-15-23(45)18-24(46)16-22)53-34(59)19-57-39-31(12-14-42(39,47)48)38(54-57)43(49,50)51/h3,8-10,15-16,18,26-28,33H,4-7,12,14,17,19-21H2,1-2H3,(H,53,59)(H,55,56)/t33-,64?/m0/s1. The first-order chi connectivity index (χ1) is 30.6. The van der Waals surface area contributed by atoms with Crippen molar-refractivity contribution in [3.8, 4) is 23.0 Å². The topological polar surface area (TPSA) is 150 Å². The van der Waals surface area contributed by atoms with Gasteiger partial charge in [-0.05, 0) is 94.2 Å². The number of carbonyl (C=O) groups excluding carboxylic acids is 1. The van der Waals surface area contributed by atoms with Crippen molar-refractivity contribution in [1.29, 1.82) is 0 Å². The van der Waals surface area contributed by atoms with Crippen LogP contribution in [0.3, 0.4) is 0 Å². The van der Waals surface area contributed by atoms with E-state index in [1.807, 2.05) is 0 Å². The average molecular weight is 966 g/mol. The SMILES string of the molecule is CC(C)(C#Cc1ccc(-c2ccc(Cl)c3c(NS(=O)C4CC4)nn(C4COC4)c23)c([C@H](Cc2cc(F)cc(F)c2)NC(=O)Cn2nc(C(F)(F)F)c3c2C(F)(F)CC3)n1)S(=O)(=O)C1CC1. The van der Waals surface area contributed by atoms with E-state index in [4.69, 9.17) is 26.4 Å². The number of rotatable bonds is 13. The molecule has 3 aliphatic carbocycles. The molecule has 1 amide bonds. The van der Waals surface area contributed by atoms with E-state index in [1.165, 1.54) is 19.9 Å². The Morgan fingerprint density at radius 3 is 2.35 bits per heavy atom. The van der Waals surface area contributed by atoms with Gasteiger partial charge >= 0.3 is 6.18 Å². The molecule has 3 fully saturated rings. The highest BCUT2D eigenvalue weighted by molar-refractivity contribution is 7.93. The molecule has 65 heavy (non-hydrogen) atoms. The molecule has 1 unspecified atom stereocenters. The minimum absolute atomic E-state index is 0.000134. The van der Waals surface area contributed by atoms with Gasteiger partial charge in [0.1, 0.15) is 45.3 Å². The van der Waals surface area contributed by atoms with Crippen LogP contribution in [0, 0.1) is 23.5 Å². The number of ether oxygens (including phenoxy) is 1. The summed E-state index contributed by atoms with van der Waals surface area (Å²) < 4.78 is 151. The fourth-order valence-corrected chi connectivity index (χ4v) is 11.3. The molecule has 2 N–H and O–H groups in total. The third-order valence-corrected chi connectivity index (χ3v) is 16.5. The van der Waals surface area contributed by atoms with Crippen molar-refractivity contribution in [2.24, 2.45) is 0 Å². The number of alkyl halides is 5. The lowest BCUT2D eigenvalue weighted by molar-refractivity contribution is -0.142. The highest BCUT2D eigenvalue weighted by Gasteiger charge is 2.50. The quantitative estimate of drug-likeness (QED) is 0.0894. The number of hydrogen-bond acceptors (Lipinski definition) is 8. The Balaban J connectivity index is 1.21. The van der Waals surface area contributed by atoms with E-state index in [2.05, 4.69) is 27.0 Å². The summed E-state index contributed by atoms with van der Waals surface area (Å²) in [5.41, 5.74) is -2.29. The number of fused-ring (bicyclic) bond motifs is 2. The van der Waals surface area contributed by atoms with Crippen molar-refractivity contribution in [3.63, 3.8) is 0 Å². The van der Waals surface area contributed by atoms with Crippen molar-refractivity contribution < 1.29 is 52.9 Å². The summed E-state index contributed by atoms with van der Waals surface area (Å²) in [7, 11) is -5.21. The van der Waals surface area contributed by atoms with Gasteiger partial charge in [-0.3, -0.25) is 18.9 Å². The molecule has 2 saturated carbocycles. The maximum absolute atomic E-state index is 15.2. The van der Waals surface area contributed by atoms with Crippen LogP contribution >= 0.6 is 11.6 Å². The zero-order chi connectivity index (χ0) is 46.4. The molecular weight excluding hydrogens is 927 g/mol. The predicted octanol–water partition coefficient (Wildman–Crippen LogP) is 7.90. The van der Waals surface area contributed by atoms with Crippen LogP contribution in [-0.2, 0) is 61.8 Å². The Kier molecular flexibility index (Phi) is 11.4. The normalized spacial score (nSPS) is 18.4. The van der Waals surface area contributed by atoms with Crippen LogP contribution in [0.25, 0.3) is 22.0 Å². The third kappa shape index (κ3) is 8.74. The minimum atomic E-state index is -5.10. The number of amides is 1. The number of sulfone groups is 1. The van der Waals surface area contributed by atoms with Crippen LogP contribution in [0.4, 0.5) is 36.6 Å². The maximum Gasteiger partial charge on any atom is 0.435 e. The maximum atomic E-state index is 15.2. The van der Waals surface area contributed by atoms with Crippen molar-refractivity contribution in [2.45, 2.75) is 105 Å². The van der Waals surface area contributed by atoms with Crippen molar-refractivity contribution in [3.05, 3.63) is 93.0 Å². The van der Waals surface area contributed by atoms with Gasteiger partial charge in [-0.2, -0.15) is 32.1 Å². The van der Waals surface area contributed by atoms with Crippen LogP contribution in [-0.4, -0.2) is 71.5 Å². The summed E-state index contributed by atoms with van der Waals surface area (Å²) in [5.74, 6) is -0.927. The van der Waals surface area contributed by atoms with E-state index in [9.17, 15) is 39.4 Å². The van der Waals surface area contributed by atoms with Crippen LogP contribution < -0.4 is 10.0 Å². The van der Waals surface area contributed by atoms with Gasteiger partial charge in [0.15, 0.2) is 21.3 Å². The Hall–Kier alpha value is -5.04. The summed E-state index contributed by atoms with van der Waals surface area (Å²) in [5, 5.41) is 10.8. The molecule has 9 rings (SSSR count). The van der Waals surface area contributed by atoms with Crippen molar-refractivity contribution in [2.75, 3.05) is 17.9 Å². The van der Waals surface area contributed by atoms with E-state index in [1.54, 1.807) is 22.9 Å². The van der Waals surface area contributed by atoms with Gasteiger partial charge in [0.25, 0.3) is 5.92 Å². The molecule has 1 aliphatic heterocycles. The molecule has 1 saturated heterocycles. The third-order valence-electron chi connectivity index (χ3n) is 11.8. The molecule has 3 aromatic heterocycles. The lowest BCUT2D eigenvalue weighted by Gasteiger charge is -2.28. The fraction of sp³-hybridized carbons (Fsp3) is 0.442.